The third-order valence-corrected chi connectivity index (χ3v) is 4.06. The summed E-state index contributed by atoms with van der Waals surface area (Å²) in [6.45, 7) is 1.74. The van der Waals surface area contributed by atoms with Gasteiger partial charge in [0.25, 0.3) is 11.5 Å². The Kier molecular flexibility index (Phi) is 3.03. The number of fused-ring (bicyclic) bond motifs is 1. The number of carbonyl (C=O) groups is 1. The van der Waals surface area contributed by atoms with Crippen molar-refractivity contribution in [3.05, 3.63) is 51.6 Å². The number of pyridine rings is 1. The third-order valence-electron chi connectivity index (χ3n) is 2.86. The summed E-state index contributed by atoms with van der Waals surface area (Å²) < 4.78 is 0. The van der Waals surface area contributed by atoms with E-state index in [9.17, 15) is 9.59 Å². The van der Waals surface area contributed by atoms with Crippen molar-refractivity contribution in [1.82, 2.24) is 15.0 Å². The third kappa shape index (κ3) is 2.08. The molecule has 0 atom stereocenters. The summed E-state index contributed by atoms with van der Waals surface area (Å²) >= 11 is 1.20. The fourth-order valence-corrected chi connectivity index (χ4v) is 2.96. The highest BCUT2D eigenvalue weighted by Crippen LogP contribution is 2.27. The first-order chi connectivity index (χ1) is 9.66. The lowest BCUT2D eigenvalue weighted by Crippen LogP contribution is -2.12. The molecule has 0 fully saturated rings. The van der Waals surface area contributed by atoms with E-state index in [-0.39, 0.29) is 11.5 Å². The van der Waals surface area contributed by atoms with Crippen LogP contribution < -0.4 is 10.9 Å². The molecule has 0 aliphatic heterocycles. The number of rotatable bonds is 2. The molecule has 7 heteroatoms. The number of thiophene rings is 1. The number of hydrogen-bond acceptors (Lipinski definition) is 5. The van der Waals surface area contributed by atoms with Gasteiger partial charge >= 0.3 is 0 Å². The van der Waals surface area contributed by atoms with Crippen LogP contribution in [0.15, 0.2) is 35.6 Å². The molecule has 0 unspecified atom stereocenters. The predicted molar refractivity (Wildman–Crippen MR) is 77.2 cm³/mol. The molecule has 20 heavy (non-hydrogen) atoms. The first-order valence-corrected chi connectivity index (χ1v) is 6.66. The SMILES string of the molecule is Cc1c(C(=O)Nc2cccnc2)sc2nc[nH]c(=O)c12. The molecule has 0 bridgehead atoms. The van der Waals surface area contributed by atoms with Crippen LogP contribution in [0.25, 0.3) is 10.2 Å². The minimum absolute atomic E-state index is 0.232. The monoisotopic (exact) mass is 286 g/mol. The highest BCUT2D eigenvalue weighted by molar-refractivity contribution is 7.20. The molecule has 1 amide bonds. The minimum Gasteiger partial charge on any atom is -0.320 e. The Labute approximate surface area is 117 Å². The van der Waals surface area contributed by atoms with Gasteiger partial charge in [0, 0.05) is 6.20 Å². The average Bonchev–Trinajstić information content (AvgIpc) is 2.79. The molecular weight excluding hydrogens is 276 g/mol. The molecule has 100 valence electrons. The predicted octanol–water partition coefficient (Wildman–Crippen LogP) is 1.94. The zero-order valence-corrected chi connectivity index (χ0v) is 11.3. The molecule has 0 spiro atoms. The van der Waals surface area contributed by atoms with Crippen LogP contribution in [0.3, 0.4) is 0 Å². The Morgan fingerprint density at radius 2 is 2.30 bits per heavy atom. The quantitative estimate of drug-likeness (QED) is 0.753. The van der Waals surface area contributed by atoms with Crippen molar-refractivity contribution in [2.45, 2.75) is 6.92 Å². The topological polar surface area (TPSA) is 87.7 Å². The summed E-state index contributed by atoms with van der Waals surface area (Å²) in [4.78, 5) is 35.6. The van der Waals surface area contributed by atoms with Crippen LogP contribution >= 0.6 is 11.3 Å². The van der Waals surface area contributed by atoms with Crippen molar-refractivity contribution < 1.29 is 4.79 Å². The average molecular weight is 286 g/mol. The zero-order chi connectivity index (χ0) is 14.1. The van der Waals surface area contributed by atoms with Crippen molar-refractivity contribution in [2.24, 2.45) is 0 Å². The van der Waals surface area contributed by atoms with E-state index < -0.39 is 0 Å². The fourth-order valence-electron chi connectivity index (χ4n) is 1.92. The van der Waals surface area contributed by atoms with Gasteiger partial charge in [-0.15, -0.1) is 11.3 Å². The van der Waals surface area contributed by atoms with Gasteiger partial charge in [0.1, 0.15) is 4.83 Å². The number of nitrogens with zero attached hydrogens (tertiary/aromatic N) is 2. The van der Waals surface area contributed by atoms with Gasteiger partial charge in [-0.1, -0.05) is 0 Å². The van der Waals surface area contributed by atoms with Crippen molar-refractivity contribution >= 4 is 33.1 Å². The maximum atomic E-state index is 12.2. The first-order valence-electron chi connectivity index (χ1n) is 5.85. The fraction of sp³-hybridized carbons (Fsp3) is 0.0769. The lowest BCUT2D eigenvalue weighted by molar-refractivity contribution is 0.103. The van der Waals surface area contributed by atoms with E-state index in [2.05, 4.69) is 20.3 Å². The van der Waals surface area contributed by atoms with Gasteiger partial charge in [-0.3, -0.25) is 14.6 Å². The van der Waals surface area contributed by atoms with Gasteiger partial charge < -0.3 is 10.3 Å². The minimum atomic E-state index is -0.266. The van der Waals surface area contributed by atoms with E-state index in [1.807, 2.05) is 0 Å². The largest absolute Gasteiger partial charge is 0.320 e. The number of aromatic nitrogens is 3. The second-order valence-corrected chi connectivity index (χ2v) is 5.16. The molecule has 3 heterocycles. The van der Waals surface area contributed by atoms with E-state index in [0.717, 1.165) is 0 Å². The Morgan fingerprint density at radius 1 is 1.45 bits per heavy atom. The van der Waals surface area contributed by atoms with Crippen molar-refractivity contribution in [1.29, 1.82) is 0 Å². The van der Waals surface area contributed by atoms with Crippen LogP contribution in [0, 0.1) is 6.92 Å². The molecule has 0 radical (unpaired) electrons. The van der Waals surface area contributed by atoms with Crippen molar-refractivity contribution in [3.8, 4) is 0 Å². The number of aromatic amines is 1. The van der Waals surface area contributed by atoms with E-state index in [1.165, 1.54) is 17.7 Å². The Bertz CT molecular complexity index is 838. The van der Waals surface area contributed by atoms with Crippen LogP contribution in [-0.2, 0) is 0 Å². The molecule has 3 aromatic heterocycles. The number of H-pyrrole nitrogens is 1. The zero-order valence-electron chi connectivity index (χ0n) is 10.5. The summed E-state index contributed by atoms with van der Waals surface area (Å²) in [5.41, 5.74) is 1.01. The molecule has 0 saturated carbocycles. The molecule has 3 aromatic rings. The van der Waals surface area contributed by atoms with Gasteiger partial charge in [0.05, 0.1) is 28.5 Å². The first kappa shape index (κ1) is 12.5. The maximum Gasteiger partial charge on any atom is 0.266 e. The molecular formula is C13H10N4O2S. The number of amides is 1. The van der Waals surface area contributed by atoms with E-state index in [0.29, 0.717) is 26.3 Å². The van der Waals surface area contributed by atoms with E-state index >= 15 is 0 Å². The van der Waals surface area contributed by atoms with Crippen LogP contribution in [-0.4, -0.2) is 20.9 Å². The van der Waals surface area contributed by atoms with Gasteiger partial charge in [-0.05, 0) is 24.6 Å². The van der Waals surface area contributed by atoms with Crippen molar-refractivity contribution in [2.75, 3.05) is 5.32 Å². The standard InChI is InChI=1S/C13H10N4O2S/c1-7-9-11(18)15-6-16-13(9)20-10(7)12(19)17-8-3-2-4-14-5-8/h2-6H,1H3,(H,17,19)(H,15,16,18). The summed E-state index contributed by atoms with van der Waals surface area (Å²) in [5, 5.41) is 3.21. The number of carbonyl (C=O) groups excluding carboxylic acids is 1. The van der Waals surface area contributed by atoms with E-state index in [1.54, 1.807) is 31.5 Å². The van der Waals surface area contributed by atoms with Crippen LogP contribution in [0.5, 0.6) is 0 Å². The van der Waals surface area contributed by atoms with Gasteiger partial charge in [0.2, 0.25) is 0 Å². The smallest absolute Gasteiger partial charge is 0.266 e. The molecule has 0 saturated heterocycles. The van der Waals surface area contributed by atoms with Gasteiger partial charge in [-0.2, -0.15) is 0 Å². The highest BCUT2D eigenvalue weighted by Gasteiger charge is 2.18. The number of hydrogen-bond donors (Lipinski definition) is 2. The highest BCUT2D eigenvalue weighted by atomic mass is 32.1. The summed E-state index contributed by atoms with van der Waals surface area (Å²) in [7, 11) is 0. The lowest BCUT2D eigenvalue weighted by Gasteiger charge is -2.02. The second-order valence-electron chi connectivity index (χ2n) is 4.16. The summed E-state index contributed by atoms with van der Waals surface area (Å²) in [6.07, 6.45) is 4.53. The Hall–Kier alpha value is -2.54. The van der Waals surface area contributed by atoms with Crippen molar-refractivity contribution in [3.63, 3.8) is 0 Å². The van der Waals surface area contributed by atoms with E-state index in [4.69, 9.17) is 0 Å². The van der Waals surface area contributed by atoms with Gasteiger partial charge in [-0.25, -0.2) is 4.98 Å². The molecule has 2 N–H and O–H groups in total. The normalized spacial score (nSPS) is 10.7. The Balaban J connectivity index is 2.02. The Morgan fingerprint density at radius 3 is 3.00 bits per heavy atom. The molecule has 6 nitrogen and oxygen atoms in total. The molecule has 0 aromatic carbocycles. The number of nitrogens with one attached hydrogen (secondary N) is 2. The maximum absolute atomic E-state index is 12.2. The molecule has 0 aliphatic rings. The van der Waals surface area contributed by atoms with Crippen LogP contribution in [0.1, 0.15) is 15.2 Å². The van der Waals surface area contributed by atoms with Crippen LogP contribution in [0.4, 0.5) is 5.69 Å². The molecule has 0 aliphatic carbocycles. The lowest BCUT2D eigenvalue weighted by atomic mass is 10.2. The number of aryl methyl sites for hydroxylation is 1. The second kappa shape index (κ2) is 4.86. The van der Waals surface area contributed by atoms with Gasteiger partial charge in [0.15, 0.2) is 0 Å². The van der Waals surface area contributed by atoms with Crippen LogP contribution in [0.2, 0.25) is 0 Å². The molecule has 3 rings (SSSR count). The number of anilines is 1. The summed E-state index contributed by atoms with van der Waals surface area (Å²) in [6, 6.07) is 3.48. The summed E-state index contributed by atoms with van der Waals surface area (Å²) in [5.74, 6) is -0.266.